The number of hydrogen-bond acceptors (Lipinski definition) is 3. The van der Waals surface area contributed by atoms with Crippen LogP contribution in [0.25, 0.3) is 0 Å². The molecule has 1 saturated heterocycles. The number of nitrogens with two attached hydrogens (primary N) is 1. The molecule has 0 bridgehead atoms. The van der Waals surface area contributed by atoms with Gasteiger partial charge in [-0.15, -0.1) is 0 Å². The summed E-state index contributed by atoms with van der Waals surface area (Å²) < 4.78 is 0. The predicted molar refractivity (Wildman–Crippen MR) is 59.4 cm³/mol. The predicted octanol–water partition coefficient (Wildman–Crippen LogP) is 1.01. The quantitative estimate of drug-likeness (QED) is 0.661. The molecule has 1 fully saturated rings. The van der Waals surface area contributed by atoms with E-state index in [4.69, 9.17) is 5.73 Å². The lowest BCUT2D eigenvalue weighted by molar-refractivity contribution is 0.172. The zero-order valence-corrected chi connectivity index (χ0v) is 8.87. The van der Waals surface area contributed by atoms with Crippen molar-refractivity contribution in [2.24, 2.45) is 11.1 Å². The van der Waals surface area contributed by atoms with Crippen LogP contribution in [-0.2, 0) is 6.42 Å². The Bertz CT molecular complexity index is 369. The molecule has 1 aromatic heterocycles. The fraction of sp³-hybridized carbons (Fsp3) is 0.583. The Balaban J connectivity index is 1.98. The third-order valence-corrected chi connectivity index (χ3v) is 4.02. The maximum absolute atomic E-state index is 6.37. The number of aromatic nitrogens is 1. The summed E-state index contributed by atoms with van der Waals surface area (Å²) in [5.41, 5.74) is 9.17. The number of hydrogen-bond donors (Lipinski definition) is 2. The first-order valence-electron chi connectivity index (χ1n) is 5.72. The Morgan fingerprint density at radius 1 is 1.40 bits per heavy atom. The smallest absolute Gasteiger partial charge is 0.0608 e. The van der Waals surface area contributed by atoms with Gasteiger partial charge in [0.25, 0.3) is 0 Å². The van der Waals surface area contributed by atoms with E-state index in [1.165, 1.54) is 18.4 Å². The summed E-state index contributed by atoms with van der Waals surface area (Å²) >= 11 is 0. The summed E-state index contributed by atoms with van der Waals surface area (Å²) in [7, 11) is 0. The van der Waals surface area contributed by atoms with Crippen LogP contribution in [0.4, 0.5) is 0 Å². The van der Waals surface area contributed by atoms with Crippen LogP contribution >= 0.6 is 0 Å². The van der Waals surface area contributed by atoms with Crippen LogP contribution in [0.15, 0.2) is 18.3 Å². The summed E-state index contributed by atoms with van der Waals surface area (Å²) in [4.78, 5) is 4.44. The van der Waals surface area contributed by atoms with Crippen LogP contribution < -0.4 is 11.1 Å². The van der Waals surface area contributed by atoms with E-state index in [9.17, 15) is 0 Å². The van der Waals surface area contributed by atoms with Gasteiger partial charge in [-0.05, 0) is 49.4 Å². The van der Waals surface area contributed by atoms with Crippen LogP contribution in [0.3, 0.4) is 0 Å². The molecule has 3 N–H and O–H groups in total. The normalized spacial score (nSPS) is 27.9. The van der Waals surface area contributed by atoms with Gasteiger partial charge in [-0.1, -0.05) is 6.07 Å². The van der Waals surface area contributed by atoms with Crippen molar-refractivity contribution in [1.29, 1.82) is 0 Å². The van der Waals surface area contributed by atoms with Gasteiger partial charge in [-0.25, -0.2) is 0 Å². The monoisotopic (exact) mass is 203 g/mol. The number of nitrogens with zero attached hydrogens (tertiary/aromatic N) is 1. The highest BCUT2D eigenvalue weighted by Gasteiger charge is 2.45. The molecule has 80 valence electrons. The van der Waals surface area contributed by atoms with Crippen LogP contribution in [-0.4, -0.2) is 18.1 Å². The molecule has 0 saturated carbocycles. The Morgan fingerprint density at radius 3 is 2.93 bits per heavy atom. The molecule has 3 nitrogen and oxygen atoms in total. The molecule has 2 heterocycles. The average Bonchev–Trinajstić information content (AvgIpc) is 2.54. The zero-order valence-electron chi connectivity index (χ0n) is 8.87. The van der Waals surface area contributed by atoms with Crippen LogP contribution in [0.5, 0.6) is 0 Å². The van der Waals surface area contributed by atoms with Gasteiger partial charge in [-0.3, -0.25) is 4.98 Å². The van der Waals surface area contributed by atoms with Crippen molar-refractivity contribution >= 4 is 0 Å². The van der Waals surface area contributed by atoms with E-state index in [1.54, 1.807) is 0 Å². The molecule has 3 rings (SSSR count). The zero-order chi connectivity index (χ0) is 10.3. The lowest BCUT2D eigenvalue weighted by Crippen LogP contribution is -2.42. The molecule has 0 aromatic carbocycles. The molecular formula is C12H17N3. The van der Waals surface area contributed by atoms with Crippen LogP contribution in [0.1, 0.15) is 30.1 Å². The summed E-state index contributed by atoms with van der Waals surface area (Å²) in [6.07, 6.45) is 5.35. The maximum atomic E-state index is 6.37. The van der Waals surface area contributed by atoms with E-state index < -0.39 is 0 Å². The second kappa shape index (κ2) is 3.29. The highest BCUT2D eigenvalue weighted by atomic mass is 14.9. The van der Waals surface area contributed by atoms with E-state index in [1.807, 2.05) is 12.3 Å². The third-order valence-electron chi connectivity index (χ3n) is 4.02. The summed E-state index contributed by atoms with van der Waals surface area (Å²) in [5.74, 6) is 0. The van der Waals surface area contributed by atoms with Crippen molar-refractivity contribution in [2.75, 3.05) is 13.1 Å². The van der Waals surface area contributed by atoms with Crippen molar-refractivity contribution in [3.63, 3.8) is 0 Å². The second-order valence-corrected chi connectivity index (χ2v) is 4.81. The first kappa shape index (κ1) is 9.31. The number of piperidine rings is 1. The molecule has 0 radical (unpaired) electrons. The van der Waals surface area contributed by atoms with Crippen molar-refractivity contribution < 1.29 is 0 Å². The molecule has 3 heteroatoms. The lowest BCUT2D eigenvalue weighted by atomic mass is 9.74. The van der Waals surface area contributed by atoms with Crippen molar-refractivity contribution in [1.82, 2.24) is 10.3 Å². The van der Waals surface area contributed by atoms with Gasteiger partial charge in [0.2, 0.25) is 0 Å². The molecular weight excluding hydrogens is 186 g/mol. The minimum Gasteiger partial charge on any atom is -0.322 e. The molecule has 0 unspecified atom stereocenters. The molecule has 1 aliphatic heterocycles. The molecule has 1 aromatic rings. The number of pyridine rings is 1. The van der Waals surface area contributed by atoms with E-state index in [0.29, 0.717) is 5.41 Å². The van der Waals surface area contributed by atoms with Crippen LogP contribution in [0, 0.1) is 5.41 Å². The Labute approximate surface area is 90.1 Å². The molecule has 1 spiro atoms. The molecule has 1 aliphatic carbocycles. The first-order valence-corrected chi connectivity index (χ1v) is 5.72. The van der Waals surface area contributed by atoms with E-state index in [2.05, 4.69) is 16.4 Å². The number of rotatable bonds is 0. The Morgan fingerprint density at radius 2 is 2.20 bits per heavy atom. The molecule has 1 atom stereocenters. The minimum absolute atomic E-state index is 0.149. The van der Waals surface area contributed by atoms with Gasteiger partial charge in [0.15, 0.2) is 0 Å². The molecule has 15 heavy (non-hydrogen) atoms. The lowest BCUT2D eigenvalue weighted by Gasteiger charge is -2.37. The maximum Gasteiger partial charge on any atom is 0.0608 e. The summed E-state index contributed by atoms with van der Waals surface area (Å²) in [6.45, 7) is 2.20. The van der Waals surface area contributed by atoms with E-state index in [-0.39, 0.29) is 6.04 Å². The second-order valence-electron chi connectivity index (χ2n) is 4.81. The van der Waals surface area contributed by atoms with E-state index in [0.717, 1.165) is 25.2 Å². The Hall–Kier alpha value is -0.930. The topological polar surface area (TPSA) is 50.9 Å². The summed E-state index contributed by atoms with van der Waals surface area (Å²) in [6, 6.07) is 4.35. The van der Waals surface area contributed by atoms with Gasteiger partial charge < -0.3 is 11.1 Å². The third kappa shape index (κ3) is 1.30. The van der Waals surface area contributed by atoms with Crippen molar-refractivity contribution in [3.05, 3.63) is 29.6 Å². The first-order chi connectivity index (χ1) is 7.32. The number of nitrogens with one attached hydrogen (secondary N) is 1. The summed E-state index contributed by atoms with van der Waals surface area (Å²) in [5, 5.41) is 3.41. The molecule has 2 aliphatic rings. The highest BCUT2D eigenvalue weighted by Crippen LogP contribution is 2.48. The average molecular weight is 203 g/mol. The van der Waals surface area contributed by atoms with Gasteiger partial charge in [0, 0.05) is 6.20 Å². The van der Waals surface area contributed by atoms with Crippen molar-refractivity contribution in [3.8, 4) is 0 Å². The molecule has 0 amide bonds. The van der Waals surface area contributed by atoms with Crippen LogP contribution in [0.2, 0.25) is 0 Å². The fourth-order valence-corrected chi connectivity index (χ4v) is 3.07. The van der Waals surface area contributed by atoms with Crippen molar-refractivity contribution in [2.45, 2.75) is 25.3 Å². The number of fused-ring (bicyclic) bond motifs is 1. The standard InChI is InChI=1S/C12H17N3/c13-11-10-9(2-1-5-15-10)8-12(11)3-6-14-7-4-12/h1-2,5,11,14H,3-4,6-8,13H2/t11-/m1/s1. The highest BCUT2D eigenvalue weighted by molar-refractivity contribution is 5.32. The fourth-order valence-electron chi connectivity index (χ4n) is 3.07. The largest absolute Gasteiger partial charge is 0.322 e. The van der Waals surface area contributed by atoms with Gasteiger partial charge in [-0.2, -0.15) is 0 Å². The van der Waals surface area contributed by atoms with Gasteiger partial charge in [0.1, 0.15) is 0 Å². The minimum atomic E-state index is 0.149. The van der Waals surface area contributed by atoms with Gasteiger partial charge >= 0.3 is 0 Å². The van der Waals surface area contributed by atoms with E-state index >= 15 is 0 Å². The van der Waals surface area contributed by atoms with Gasteiger partial charge in [0.05, 0.1) is 11.7 Å². The Kier molecular flexibility index (Phi) is 2.04. The SMILES string of the molecule is N[C@@H]1c2ncccc2CC12CCNCC2.